The Kier molecular flexibility index (Phi) is 7.38. The molecular formula is C19H28N2O5S. The minimum absolute atomic E-state index is 0.00351. The van der Waals surface area contributed by atoms with Gasteiger partial charge in [0.1, 0.15) is 0 Å². The highest BCUT2D eigenvalue weighted by atomic mass is 32.2. The van der Waals surface area contributed by atoms with Gasteiger partial charge in [-0.15, -0.1) is 0 Å². The Morgan fingerprint density at radius 1 is 1.33 bits per heavy atom. The molecule has 0 aliphatic carbocycles. The van der Waals surface area contributed by atoms with E-state index in [9.17, 15) is 18.0 Å². The maximum absolute atomic E-state index is 12.9. The maximum atomic E-state index is 12.9. The van der Waals surface area contributed by atoms with Gasteiger partial charge in [0.15, 0.2) is 6.61 Å². The fraction of sp³-hybridized carbons (Fsp3) is 0.579. The Bertz CT molecular complexity index is 778. The van der Waals surface area contributed by atoms with Crippen LogP contribution in [0.5, 0.6) is 0 Å². The molecule has 1 N–H and O–H groups in total. The normalized spacial score (nSPS) is 19.3. The summed E-state index contributed by atoms with van der Waals surface area (Å²) in [6.07, 6.45) is 3.44. The Hall–Kier alpha value is -1.93. The van der Waals surface area contributed by atoms with Crippen LogP contribution in [0.4, 0.5) is 0 Å². The molecule has 0 spiro atoms. The molecule has 8 heteroatoms. The SMILES string of the molecule is CC[C@@H](C)NC(=O)COC(=O)c1cccc(S(=O)(=O)N2CCCC[C@@H]2C)c1. The molecule has 1 aliphatic rings. The first-order valence-electron chi connectivity index (χ1n) is 9.34. The van der Waals surface area contributed by atoms with Crippen LogP contribution in [-0.4, -0.2) is 49.8 Å². The van der Waals surface area contributed by atoms with Gasteiger partial charge in [0, 0.05) is 18.6 Å². The van der Waals surface area contributed by atoms with Crippen molar-refractivity contribution in [3.63, 3.8) is 0 Å². The van der Waals surface area contributed by atoms with Gasteiger partial charge < -0.3 is 10.1 Å². The van der Waals surface area contributed by atoms with Gasteiger partial charge in [-0.1, -0.05) is 19.4 Å². The summed E-state index contributed by atoms with van der Waals surface area (Å²) in [4.78, 5) is 24.0. The second-order valence-electron chi connectivity index (χ2n) is 6.94. The molecule has 0 aromatic heterocycles. The maximum Gasteiger partial charge on any atom is 0.338 e. The zero-order valence-electron chi connectivity index (χ0n) is 16.1. The molecule has 0 bridgehead atoms. The van der Waals surface area contributed by atoms with E-state index in [0.29, 0.717) is 6.54 Å². The number of nitrogens with one attached hydrogen (secondary N) is 1. The van der Waals surface area contributed by atoms with Gasteiger partial charge in [-0.2, -0.15) is 4.31 Å². The molecule has 0 unspecified atom stereocenters. The minimum Gasteiger partial charge on any atom is -0.452 e. The van der Waals surface area contributed by atoms with Crippen LogP contribution >= 0.6 is 0 Å². The smallest absolute Gasteiger partial charge is 0.338 e. The summed E-state index contributed by atoms with van der Waals surface area (Å²) in [6, 6.07) is 5.71. The fourth-order valence-corrected chi connectivity index (χ4v) is 4.73. The third-order valence-corrected chi connectivity index (χ3v) is 6.78. The predicted octanol–water partition coefficient (Wildman–Crippen LogP) is 2.32. The van der Waals surface area contributed by atoms with Gasteiger partial charge >= 0.3 is 5.97 Å². The van der Waals surface area contributed by atoms with E-state index in [0.717, 1.165) is 25.7 Å². The van der Waals surface area contributed by atoms with E-state index in [4.69, 9.17) is 4.74 Å². The second kappa shape index (κ2) is 9.32. The molecule has 1 aromatic rings. The van der Waals surface area contributed by atoms with Crippen molar-refractivity contribution in [2.45, 2.75) is 63.4 Å². The Morgan fingerprint density at radius 2 is 2.07 bits per heavy atom. The van der Waals surface area contributed by atoms with Crippen molar-refractivity contribution in [3.8, 4) is 0 Å². The zero-order chi connectivity index (χ0) is 20.0. The Labute approximate surface area is 161 Å². The number of rotatable bonds is 7. The molecule has 1 aliphatic heterocycles. The van der Waals surface area contributed by atoms with Crippen LogP contribution in [-0.2, 0) is 19.6 Å². The zero-order valence-corrected chi connectivity index (χ0v) is 16.9. The summed E-state index contributed by atoms with van der Waals surface area (Å²) in [6.45, 7) is 5.77. The van der Waals surface area contributed by atoms with Crippen molar-refractivity contribution in [1.29, 1.82) is 0 Å². The van der Waals surface area contributed by atoms with Gasteiger partial charge in [0.05, 0.1) is 10.5 Å². The van der Waals surface area contributed by atoms with Crippen molar-refractivity contribution < 1.29 is 22.7 Å². The highest BCUT2D eigenvalue weighted by molar-refractivity contribution is 7.89. The lowest BCUT2D eigenvalue weighted by Crippen LogP contribution is -2.41. The van der Waals surface area contributed by atoms with E-state index in [2.05, 4.69) is 5.32 Å². The molecule has 1 heterocycles. The lowest BCUT2D eigenvalue weighted by Gasteiger charge is -2.32. The van der Waals surface area contributed by atoms with Crippen molar-refractivity contribution in [2.24, 2.45) is 0 Å². The van der Waals surface area contributed by atoms with Gasteiger partial charge in [-0.25, -0.2) is 13.2 Å². The molecule has 1 saturated heterocycles. The van der Waals surface area contributed by atoms with Crippen molar-refractivity contribution in [2.75, 3.05) is 13.2 Å². The van der Waals surface area contributed by atoms with Gasteiger partial charge in [-0.3, -0.25) is 4.79 Å². The predicted molar refractivity (Wildman–Crippen MR) is 102 cm³/mol. The summed E-state index contributed by atoms with van der Waals surface area (Å²) in [5, 5.41) is 2.70. The first-order chi connectivity index (χ1) is 12.8. The van der Waals surface area contributed by atoms with Gasteiger partial charge in [-0.05, 0) is 51.3 Å². The quantitative estimate of drug-likeness (QED) is 0.714. The van der Waals surface area contributed by atoms with Crippen LogP contribution < -0.4 is 5.32 Å². The largest absolute Gasteiger partial charge is 0.452 e. The first-order valence-corrected chi connectivity index (χ1v) is 10.8. The number of sulfonamides is 1. The number of carbonyl (C=O) groups is 2. The third kappa shape index (κ3) is 5.52. The van der Waals surface area contributed by atoms with Crippen molar-refractivity contribution >= 4 is 21.9 Å². The molecular weight excluding hydrogens is 368 g/mol. The molecule has 0 radical (unpaired) electrons. The number of hydrogen-bond acceptors (Lipinski definition) is 5. The lowest BCUT2D eigenvalue weighted by molar-refractivity contribution is -0.124. The first kappa shape index (κ1) is 21.4. The highest BCUT2D eigenvalue weighted by Crippen LogP contribution is 2.25. The topological polar surface area (TPSA) is 92.8 Å². The number of esters is 1. The molecule has 1 amide bonds. The molecule has 2 rings (SSSR count). The number of hydrogen-bond donors (Lipinski definition) is 1. The van der Waals surface area contributed by atoms with Crippen LogP contribution in [0.2, 0.25) is 0 Å². The number of benzene rings is 1. The summed E-state index contributed by atoms with van der Waals surface area (Å²) in [7, 11) is -3.67. The van der Waals surface area contributed by atoms with Crippen LogP contribution in [0.3, 0.4) is 0 Å². The molecule has 1 aromatic carbocycles. The summed E-state index contributed by atoms with van der Waals surface area (Å²) in [5.74, 6) is -1.11. The van der Waals surface area contributed by atoms with E-state index in [1.54, 1.807) is 0 Å². The van der Waals surface area contributed by atoms with Crippen LogP contribution in [0.25, 0.3) is 0 Å². The average molecular weight is 397 g/mol. The second-order valence-corrected chi connectivity index (χ2v) is 8.83. The number of ether oxygens (including phenoxy) is 1. The number of amides is 1. The standard InChI is InChI=1S/C19H28N2O5S/c1-4-14(2)20-18(22)13-26-19(23)16-9-7-10-17(12-16)27(24,25)21-11-6-5-8-15(21)3/h7,9-10,12,14-15H,4-6,8,11,13H2,1-3H3,(H,20,22)/t14-,15+/m1/s1. The molecule has 27 heavy (non-hydrogen) atoms. The molecule has 7 nitrogen and oxygen atoms in total. The Morgan fingerprint density at radius 3 is 2.74 bits per heavy atom. The summed E-state index contributed by atoms with van der Waals surface area (Å²) < 4.78 is 32.3. The van der Waals surface area contributed by atoms with Crippen LogP contribution in [0, 0.1) is 0 Å². The van der Waals surface area contributed by atoms with E-state index in [-0.39, 0.29) is 28.4 Å². The average Bonchev–Trinajstić information content (AvgIpc) is 2.66. The van der Waals surface area contributed by atoms with Crippen LogP contribution in [0.1, 0.15) is 56.8 Å². The van der Waals surface area contributed by atoms with Gasteiger partial charge in [0.25, 0.3) is 5.91 Å². The third-order valence-electron chi connectivity index (χ3n) is 4.77. The van der Waals surface area contributed by atoms with E-state index in [1.807, 2.05) is 20.8 Å². The number of nitrogens with zero attached hydrogens (tertiary/aromatic N) is 1. The number of piperidine rings is 1. The fourth-order valence-electron chi connectivity index (χ4n) is 2.98. The molecule has 0 saturated carbocycles. The number of carbonyl (C=O) groups excluding carboxylic acids is 2. The van der Waals surface area contributed by atoms with Crippen molar-refractivity contribution in [1.82, 2.24) is 9.62 Å². The highest BCUT2D eigenvalue weighted by Gasteiger charge is 2.31. The van der Waals surface area contributed by atoms with E-state index >= 15 is 0 Å². The van der Waals surface area contributed by atoms with E-state index < -0.39 is 22.6 Å². The summed E-state index contributed by atoms with van der Waals surface area (Å²) in [5.41, 5.74) is 0.108. The minimum atomic E-state index is -3.67. The van der Waals surface area contributed by atoms with Crippen LogP contribution in [0.15, 0.2) is 29.2 Å². The van der Waals surface area contributed by atoms with Crippen molar-refractivity contribution in [3.05, 3.63) is 29.8 Å². The van der Waals surface area contributed by atoms with Gasteiger partial charge in [0.2, 0.25) is 10.0 Å². The monoisotopic (exact) mass is 396 g/mol. The van der Waals surface area contributed by atoms with E-state index in [1.165, 1.54) is 28.6 Å². The summed E-state index contributed by atoms with van der Waals surface area (Å²) >= 11 is 0. The molecule has 150 valence electrons. The molecule has 2 atom stereocenters. The molecule has 1 fully saturated rings. The Balaban J connectivity index is 2.08. The lowest BCUT2D eigenvalue weighted by atomic mass is 10.1.